The van der Waals surface area contributed by atoms with Crippen LogP contribution in [0.15, 0.2) is 76.6 Å². The maximum atomic E-state index is 12.0. The Balaban J connectivity index is 1.62. The van der Waals surface area contributed by atoms with Crippen LogP contribution in [0.5, 0.6) is 0 Å². The topological polar surface area (TPSA) is 53.8 Å². The molecule has 2 aromatic carbocycles. The highest BCUT2D eigenvalue weighted by atomic mass is 16.1. The Morgan fingerprint density at radius 3 is 2.21 bits per heavy atom. The number of Topliss-reactive ketones (excluding diaryl/α,β-unsaturated/α-hetero) is 1. The van der Waals surface area contributed by atoms with Gasteiger partial charge < -0.3 is 5.32 Å². The fourth-order valence-electron chi connectivity index (χ4n) is 2.64. The summed E-state index contributed by atoms with van der Waals surface area (Å²) in [4.78, 5) is 12.0. The first-order valence-corrected chi connectivity index (χ1v) is 8.37. The molecule has 0 heterocycles. The van der Waals surface area contributed by atoms with E-state index in [2.05, 4.69) is 15.5 Å². The van der Waals surface area contributed by atoms with Gasteiger partial charge in [-0.25, -0.2) is 0 Å². The number of ketones is 1. The Labute approximate surface area is 142 Å². The molecule has 0 atom stereocenters. The van der Waals surface area contributed by atoms with Gasteiger partial charge in [0.05, 0.1) is 11.4 Å². The van der Waals surface area contributed by atoms with Gasteiger partial charge in [-0.2, -0.15) is 10.2 Å². The number of hydrogen-bond donors (Lipinski definition) is 1. The Morgan fingerprint density at radius 1 is 0.792 bits per heavy atom. The average Bonchev–Trinajstić information content (AvgIpc) is 2.84. The molecule has 0 amide bonds. The third kappa shape index (κ3) is 4.62. The van der Waals surface area contributed by atoms with E-state index in [0.29, 0.717) is 6.42 Å². The fourth-order valence-corrected chi connectivity index (χ4v) is 2.64. The van der Waals surface area contributed by atoms with E-state index >= 15 is 0 Å². The number of hydrogen-bond acceptors (Lipinski definition) is 4. The third-order valence-corrected chi connectivity index (χ3v) is 4.03. The highest BCUT2D eigenvalue weighted by Crippen LogP contribution is 2.22. The van der Waals surface area contributed by atoms with Gasteiger partial charge in [-0.1, -0.05) is 24.6 Å². The number of benzene rings is 2. The molecule has 1 fully saturated rings. The molecule has 0 aliphatic heterocycles. The molecule has 0 aromatic heterocycles. The SMILES string of the molecule is O=C1CCCCCC1=CNc1ccc(N=Nc2ccccc2)cc1. The lowest BCUT2D eigenvalue weighted by atomic mass is 10.1. The van der Waals surface area contributed by atoms with Crippen LogP contribution in [0.25, 0.3) is 0 Å². The molecular formula is C20H21N3O. The van der Waals surface area contributed by atoms with Crippen molar-refractivity contribution in [2.75, 3.05) is 5.32 Å². The number of nitrogens with one attached hydrogen (secondary N) is 1. The summed E-state index contributed by atoms with van der Waals surface area (Å²) in [5.74, 6) is 0.272. The summed E-state index contributed by atoms with van der Waals surface area (Å²) in [5.41, 5.74) is 3.47. The van der Waals surface area contributed by atoms with Crippen molar-refractivity contribution in [3.63, 3.8) is 0 Å². The largest absolute Gasteiger partial charge is 0.361 e. The number of anilines is 1. The van der Waals surface area contributed by atoms with Gasteiger partial charge in [0, 0.05) is 23.9 Å². The molecule has 0 bridgehead atoms. The van der Waals surface area contributed by atoms with Crippen LogP contribution in [0.3, 0.4) is 0 Å². The van der Waals surface area contributed by atoms with Crippen LogP contribution < -0.4 is 5.32 Å². The lowest BCUT2D eigenvalue weighted by molar-refractivity contribution is -0.115. The molecular weight excluding hydrogens is 298 g/mol. The Morgan fingerprint density at radius 2 is 1.46 bits per heavy atom. The van der Waals surface area contributed by atoms with Crippen molar-refractivity contribution in [3.05, 3.63) is 66.4 Å². The molecule has 4 nitrogen and oxygen atoms in total. The quantitative estimate of drug-likeness (QED) is 0.431. The second-order valence-corrected chi connectivity index (χ2v) is 5.88. The first-order chi connectivity index (χ1) is 11.8. The van der Waals surface area contributed by atoms with E-state index in [1.165, 1.54) is 0 Å². The summed E-state index contributed by atoms with van der Waals surface area (Å²) < 4.78 is 0. The van der Waals surface area contributed by atoms with Crippen molar-refractivity contribution >= 4 is 22.8 Å². The van der Waals surface area contributed by atoms with Crippen LogP contribution in [-0.2, 0) is 4.79 Å². The maximum absolute atomic E-state index is 12.0. The van der Waals surface area contributed by atoms with E-state index in [0.717, 1.165) is 48.3 Å². The van der Waals surface area contributed by atoms with Crippen molar-refractivity contribution in [2.24, 2.45) is 10.2 Å². The Hall–Kier alpha value is -2.75. The first kappa shape index (κ1) is 16.1. The molecule has 2 aromatic rings. The number of nitrogens with zero attached hydrogens (tertiary/aromatic N) is 2. The summed E-state index contributed by atoms with van der Waals surface area (Å²) in [6.45, 7) is 0. The van der Waals surface area contributed by atoms with Crippen LogP contribution in [0.4, 0.5) is 17.1 Å². The molecule has 4 heteroatoms. The van der Waals surface area contributed by atoms with Crippen molar-refractivity contribution in [1.29, 1.82) is 0 Å². The maximum Gasteiger partial charge on any atom is 0.160 e. The van der Waals surface area contributed by atoms with Gasteiger partial charge in [-0.3, -0.25) is 4.79 Å². The van der Waals surface area contributed by atoms with Crippen molar-refractivity contribution in [3.8, 4) is 0 Å². The smallest absolute Gasteiger partial charge is 0.160 e. The number of azo groups is 1. The average molecular weight is 319 g/mol. The highest BCUT2D eigenvalue weighted by molar-refractivity contribution is 5.95. The number of carbonyl (C=O) groups is 1. The van der Waals surface area contributed by atoms with E-state index in [9.17, 15) is 4.79 Å². The van der Waals surface area contributed by atoms with E-state index in [1.54, 1.807) is 0 Å². The van der Waals surface area contributed by atoms with Gasteiger partial charge in [-0.15, -0.1) is 0 Å². The minimum atomic E-state index is 0.272. The first-order valence-electron chi connectivity index (χ1n) is 8.37. The van der Waals surface area contributed by atoms with Gasteiger partial charge in [-0.05, 0) is 55.7 Å². The standard InChI is InChI=1S/C20H21N3O/c24-20-10-6-1-3-7-16(20)15-21-17-11-13-19(14-12-17)23-22-18-8-4-2-5-9-18/h2,4-5,8-9,11-15,21H,1,3,6-7,10H2. The predicted molar refractivity (Wildman–Crippen MR) is 96.9 cm³/mol. The zero-order valence-corrected chi connectivity index (χ0v) is 13.6. The van der Waals surface area contributed by atoms with Gasteiger partial charge in [0.2, 0.25) is 0 Å². The molecule has 1 aliphatic carbocycles. The molecule has 0 spiro atoms. The minimum Gasteiger partial charge on any atom is -0.361 e. The number of rotatable bonds is 4. The van der Waals surface area contributed by atoms with Crippen molar-refractivity contribution in [1.82, 2.24) is 0 Å². The van der Waals surface area contributed by atoms with E-state index < -0.39 is 0 Å². The minimum absolute atomic E-state index is 0.272. The van der Waals surface area contributed by atoms with Gasteiger partial charge >= 0.3 is 0 Å². The monoisotopic (exact) mass is 319 g/mol. The zero-order valence-electron chi connectivity index (χ0n) is 13.6. The lowest BCUT2D eigenvalue weighted by Gasteiger charge is -2.05. The second kappa shape index (κ2) is 8.20. The molecule has 1 saturated carbocycles. The van der Waals surface area contributed by atoms with Crippen LogP contribution >= 0.6 is 0 Å². The zero-order chi connectivity index (χ0) is 16.6. The normalized spacial score (nSPS) is 17.2. The van der Waals surface area contributed by atoms with Gasteiger partial charge in [0.25, 0.3) is 0 Å². The van der Waals surface area contributed by atoms with Crippen LogP contribution in [0, 0.1) is 0 Å². The fraction of sp³-hybridized carbons (Fsp3) is 0.250. The molecule has 24 heavy (non-hydrogen) atoms. The molecule has 0 radical (unpaired) electrons. The number of allylic oxidation sites excluding steroid dienone is 1. The predicted octanol–water partition coefficient (Wildman–Crippen LogP) is 5.93. The van der Waals surface area contributed by atoms with E-state index in [-0.39, 0.29) is 5.78 Å². The summed E-state index contributed by atoms with van der Waals surface area (Å²) >= 11 is 0. The van der Waals surface area contributed by atoms with Gasteiger partial charge in [0.15, 0.2) is 5.78 Å². The van der Waals surface area contributed by atoms with E-state index in [4.69, 9.17) is 0 Å². The summed E-state index contributed by atoms with van der Waals surface area (Å²) in [6, 6.07) is 17.3. The van der Waals surface area contributed by atoms with E-state index in [1.807, 2.05) is 60.8 Å². The van der Waals surface area contributed by atoms with Crippen LogP contribution in [0.2, 0.25) is 0 Å². The molecule has 0 saturated heterocycles. The van der Waals surface area contributed by atoms with Crippen molar-refractivity contribution in [2.45, 2.75) is 32.1 Å². The highest BCUT2D eigenvalue weighted by Gasteiger charge is 2.12. The molecule has 3 rings (SSSR count). The van der Waals surface area contributed by atoms with Crippen LogP contribution in [0.1, 0.15) is 32.1 Å². The second-order valence-electron chi connectivity index (χ2n) is 5.88. The lowest BCUT2D eigenvalue weighted by Crippen LogP contribution is -2.02. The Kier molecular flexibility index (Phi) is 5.51. The summed E-state index contributed by atoms with van der Waals surface area (Å²) in [7, 11) is 0. The molecule has 1 aliphatic rings. The molecule has 0 unspecified atom stereocenters. The van der Waals surface area contributed by atoms with Gasteiger partial charge in [0.1, 0.15) is 0 Å². The van der Waals surface area contributed by atoms with Crippen molar-refractivity contribution < 1.29 is 4.79 Å². The molecule has 122 valence electrons. The summed E-state index contributed by atoms with van der Waals surface area (Å²) in [6.07, 6.45) is 6.65. The molecule has 1 N–H and O–H groups in total. The number of carbonyl (C=O) groups excluding carboxylic acids is 1. The summed E-state index contributed by atoms with van der Waals surface area (Å²) in [5, 5.41) is 11.6. The van der Waals surface area contributed by atoms with Crippen LogP contribution in [-0.4, -0.2) is 5.78 Å². The Bertz CT molecular complexity index is 733. The third-order valence-electron chi connectivity index (χ3n) is 4.03.